The number of rotatable bonds is 12. The van der Waals surface area contributed by atoms with Gasteiger partial charge in [-0.15, -0.1) is 5.10 Å². The zero-order valence-corrected chi connectivity index (χ0v) is 34.6. The molecule has 1 N–H and O–H groups in total. The Balaban J connectivity index is 1.14. The van der Waals surface area contributed by atoms with Crippen molar-refractivity contribution in [1.82, 2.24) is 20.0 Å². The zero-order chi connectivity index (χ0) is 40.1. The molecular weight excluding hydrogens is 764 g/mol. The number of nitrogens with zero attached hydrogens (tertiary/aromatic N) is 6. The minimum atomic E-state index is -4.10. The van der Waals surface area contributed by atoms with E-state index < -0.39 is 47.3 Å². The number of sulfonamides is 1. The monoisotopic (exact) mass is 815 g/mol. The fourth-order valence-electron chi connectivity index (χ4n) is 7.32. The summed E-state index contributed by atoms with van der Waals surface area (Å²) in [5.41, 5.74) is 3.47. The topological polar surface area (TPSA) is 141 Å². The van der Waals surface area contributed by atoms with Crippen LogP contribution in [0.25, 0.3) is 27.8 Å². The van der Waals surface area contributed by atoms with E-state index in [9.17, 15) is 21.8 Å². The first-order valence-electron chi connectivity index (χ1n) is 19.2. The first kappa shape index (κ1) is 40.5. The number of phosphoric ester groups is 1. The lowest BCUT2D eigenvalue weighted by molar-refractivity contribution is -0.0220. The largest absolute Gasteiger partial charge is 0.475 e. The fourth-order valence-corrected chi connectivity index (χ4v) is 10.1. The number of halogens is 2. The number of piperidine rings is 2. The fraction of sp³-hybridized carbons (Fsp3) is 0.564. The minimum absolute atomic E-state index is 0.215. The Morgan fingerprint density at radius 1 is 0.857 bits per heavy atom. The van der Waals surface area contributed by atoms with Crippen LogP contribution in [0, 0.1) is 5.41 Å². The zero-order valence-electron chi connectivity index (χ0n) is 32.9. The molecule has 1 spiro atoms. The first-order valence-corrected chi connectivity index (χ1v) is 22.3. The van der Waals surface area contributed by atoms with Crippen molar-refractivity contribution in [2.45, 2.75) is 97.2 Å². The van der Waals surface area contributed by atoms with Gasteiger partial charge in [-0.2, -0.15) is 0 Å². The Bertz CT molecular complexity index is 2200. The van der Waals surface area contributed by atoms with E-state index in [1.807, 2.05) is 47.5 Å². The number of pyridine rings is 1. The number of fused-ring (bicyclic) bond motifs is 1. The molecule has 13 nitrogen and oxygen atoms in total. The molecule has 56 heavy (non-hydrogen) atoms. The van der Waals surface area contributed by atoms with Crippen LogP contribution in [-0.4, -0.2) is 84.1 Å². The molecule has 3 aliphatic rings. The maximum absolute atomic E-state index is 14.1. The Kier molecular flexibility index (Phi) is 10.8. The molecule has 3 fully saturated rings. The van der Waals surface area contributed by atoms with E-state index >= 15 is 0 Å². The van der Waals surface area contributed by atoms with Crippen molar-refractivity contribution in [3.63, 3.8) is 0 Å². The number of alkyl halides is 2. The molecule has 0 atom stereocenters. The lowest BCUT2D eigenvalue weighted by Crippen LogP contribution is -2.39. The van der Waals surface area contributed by atoms with Crippen LogP contribution < -0.4 is 14.5 Å². The van der Waals surface area contributed by atoms with Crippen molar-refractivity contribution >= 4 is 45.8 Å². The number of anilines is 3. The second kappa shape index (κ2) is 14.9. The van der Waals surface area contributed by atoms with Gasteiger partial charge in [0, 0.05) is 61.9 Å². The number of hydrogen-bond acceptors (Lipinski definition) is 11. The number of phosphoric acid groups is 1. The van der Waals surface area contributed by atoms with E-state index in [0.717, 1.165) is 53.8 Å². The van der Waals surface area contributed by atoms with Crippen LogP contribution in [0.1, 0.15) is 80.1 Å². The molecule has 17 heteroatoms. The molecule has 0 bridgehead atoms. The molecule has 2 saturated heterocycles. The van der Waals surface area contributed by atoms with Gasteiger partial charge in [-0.1, -0.05) is 11.3 Å². The van der Waals surface area contributed by atoms with Crippen LogP contribution >= 0.6 is 7.82 Å². The maximum atomic E-state index is 14.1. The quantitative estimate of drug-likeness (QED) is 0.138. The standard InChI is InChI=1S/C39H52F2N7O6PS/c1-36(2,3)53-55(49,54-37(4,5)6)52-22-23-56(50,51)44-29-9-10-31(33(25-29)46-18-13-38(11-12-38)14-19-46)32-27-48(45-43-32)30-24-28-8-7-17-42-35(28)34(26-30)47-20-15-39(40,41)16-21-47/h7-10,17,24-27,44H,11-16,18-23H2,1-6H3. The Hall–Kier alpha value is -3.69. The van der Waals surface area contributed by atoms with Gasteiger partial charge < -0.3 is 9.80 Å². The molecule has 4 aromatic rings. The van der Waals surface area contributed by atoms with Crippen molar-refractivity contribution in [3.8, 4) is 16.9 Å². The molecular formula is C39H52F2N7O6PS. The number of nitrogens with one attached hydrogen (secondary N) is 1. The molecule has 1 aliphatic carbocycles. The van der Waals surface area contributed by atoms with Gasteiger partial charge in [0.2, 0.25) is 10.0 Å². The molecule has 4 heterocycles. The summed E-state index contributed by atoms with van der Waals surface area (Å²) in [5.74, 6) is -3.17. The second-order valence-corrected chi connectivity index (χ2v) is 20.6. The summed E-state index contributed by atoms with van der Waals surface area (Å²) in [4.78, 5) is 8.81. The van der Waals surface area contributed by atoms with Crippen LogP contribution in [-0.2, 0) is 28.2 Å². The third kappa shape index (κ3) is 9.87. The van der Waals surface area contributed by atoms with Crippen LogP contribution in [0.4, 0.5) is 25.8 Å². The molecule has 2 aliphatic heterocycles. The number of hydrogen-bond donors (Lipinski definition) is 1. The Morgan fingerprint density at radius 2 is 1.50 bits per heavy atom. The Labute approximate surface area is 327 Å². The van der Waals surface area contributed by atoms with Gasteiger partial charge >= 0.3 is 7.82 Å². The van der Waals surface area contributed by atoms with Crippen molar-refractivity contribution in [2.75, 3.05) is 53.1 Å². The van der Waals surface area contributed by atoms with Crippen LogP contribution in [0.15, 0.2) is 54.9 Å². The molecule has 0 radical (unpaired) electrons. The molecule has 1 saturated carbocycles. The van der Waals surface area contributed by atoms with Crippen molar-refractivity contribution in [1.29, 1.82) is 0 Å². The van der Waals surface area contributed by atoms with E-state index in [0.29, 0.717) is 22.5 Å². The van der Waals surface area contributed by atoms with Gasteiger partial charge in [0.15, 0.2) is 0 Å². The van der Waals surface area contributed by atoms with E-state index in [2.05, 4.69) is 24.9 Å². The van der Waals surface area contributed by atoms with Crippen LogP contribution in [0.5, 0.6) is 0 Å². The molecule has 2 aromatic heterocycles. The predicted molar refractivity (Wildman–Crippen MR) is 214 cm³/mol. The third-order valence-corrected chi connectivity index (χ3v) is 13.6. The highest BCUT2D eigenvalue weighted by atomic mass is 32.2. The molecule has 304 valence electrons. The summed E-state index contributed by atoms with van der Waals surface area (Å²) in [6, 6.07) is 13.0. The first-order chi connectivity index (χ1) is 26.2. The smallest absolute Gasteiger partial charge is 0.371 e. The number of aromatic nitrogens is 4. The predicted octanol–water partition coefficient (Wildman–Crippen LogP) is 8.60. The van der Waals surface area contributed by atoms with Crippen LogP contribution in [0.3, 0.4) is 0 Å². The normalized spacial score (nSPS) is 18.8. The highest BCUT2D eigenvalue weighted by molar-refractivity contribution is 7.92. The molecule has 0 amide bonds. The van der Waals surface area contributed by atoms with Gasteiger partial charge in [-0.05, 0) is 109 Å². The lowest BCUT2D eigenvalue weighted by atomic mass is 9.93. The maximum Gasteiger partial charge on any atom is 0.475 e. The van der Waals surface area contributed by atoms with Crippen molar-refractivity contribution < 1.29 is 35.3 Å². The summed E-state index contributed by atoms with van der Waals surface area (Å²) in [6.45, 7) is 11.9. The van der Waals surface area contributed by atoms with Crippen molar-refractivity contribution in [2.24, 2.45) is 5.41 Å². The SMILES string of the molecule is CC(C)(C)OP(=O)(OCCS(=O)(=O)Nc1ccc(-c2cn(-c3cc(N4CCC(F)(F)CC4)c4ncccc4c3)nn2)c(N2CCC3(CC2)CC3)c1)OC(C)(C)C. The Morgan fingerprint density at radius 3 is 2.14 bits per heavy atom. The number of benzene rings is 2. The summed E-state index contributed by atoms with van der Waals surface area (Å²) in [6.07, 6.45) is 7.66. The molecule has 2 aromatic carbocycles. The second-order valence-electron chi connectivity index (χ2n) is 17.3. The van der Waals surface area contributed by atoms with Gasteiger partial charge in [0.25, 0.3) is 5.92 Å². The summed E-state index contributed by atoms with van der Waals surface area (Å²) in [7, 11) is -8.05. The highest BCUT2D eigenvalue weighted by Crippen LogP contribution is 2.56. The highest BCUT2D eigenvalue weighted by Gasteiger charge is 2.45. The third-order valence-electron chi connectivity index (χ3n) is 10.3. The van der Waals surface area contributed by atoms with Gasteiger partial charge in [0.1, 0.15) is 5.69 Å². The van der Waals surface area contributed by atoms with Crippen molar-refractivity contribution in [3.05, 3.63) is 54.9 Å². The van der Waals surface area contributed by atoms with E-state index in [-0.39, 0.29) is 25.9 Å². The van der Waals surface area contributed by atoms with E-state index in [1.54, 1.807) is 58.5 Å². The average molecular weight is 816 g/mol. The van der Waals surface area contributed by atoms with Gasteiger partial charge in [-0.25, -0.2) is 26.4 Å². The lowest BCUT2D eigenvalue weighted by Gasteiger charge is -2.35. The minimum Gasteiger partial charge on any atom is -0.371 e. The van der Waals surface area contributed by atoms with E-state index in [4.69, 9.17) is 13.6 Å². The van der Waals surface area contributed by atoms with Gasteiger partial charge in [-0.3, -0.25) is 23.3 Å². The summed E-state index contributed by atoms with van der Waals surface area (Å²) in [5, 5.41) is 9.92. The van der Waals surface area contributed by atoms with Crippen LogP contribution in [0.2, 0.25) is 0 Å². The van der Waals surface area contributed by atoms with E-state index in [1.165, 1.54) is 12.8 Å². The van der Waals surface area contributed by atoms with Gasteiger partial charge in [0.05, 0.1) is 52.3 Å². The summed E-state index contributed by atoms with van der Waals surface area (Å²) < 4.78 is 89.5. The summed E-state index contributed by atoms with van der Waals surface area (Å²) >= 11 is 0. The average Bonchev–Trinajstić information content (AvgIpc) is 3.65. The molecule has 0 unspecified atom stereocenters. The molecule has 7 rings (SSSR count).